The normalized spacial score (nSPS) is 10.6. The van der Waals surface area contributed by atoms with Gasteiger partial charge in [0.05, 0.1) is 6.21 Å². The highest BCUT2D eigenvalue weighted by atomic mass is 16.5. The van der Waals surface area contributed by atoms with Crippen LogP contribution >= 0.6 is 0 Å². The van der Waals surface area contributed by atoms with E-state index in [1.165, 1.54) is 6.21 Å². The quantitative estimate of drug-likeness (QED) is 0.439. The monoisotopic (exact) mass is 179 g/mol. The first-order valence-corrected chi connectivity index (χ1v) is 4.10. The number of hydrogen-bond acceptors (Lipinski definition) is 3. The molecule has 0 fully saturated rings. The van der Waals surface area contributed by atoms with Crippen molar-refractivity contribution < 1.29 is 9.94 Å². The predicted molar refractivity (Wildman–Crippen MR) is 51.7 cm³/mol. The molecule has 1 aromatic rings. The van der Waals surface area contributed by atoms with Crippen LogP contribution in [-0.4, -0.2) is 18.0 Å². The molecule has 0 aromatic heterocycles. The summed E-state index contributed by atoms with van der Waals surface area (Å²) in [5.41, 5.74) is 2.18. The third kappa shape index (κ3) is 2.47. The second kappa shape index (κ2) is 4.50. The van der Waals surface area contributed by atoms with Gasteiger partial charge in [0.1, 0.15) is 12.4 Å². The van der Waals surface area contributed by atoms with Gasteiger partial charge in [-0.3, -0.25) is 0 Å². The Balaban J connectivity index is 2.75. The molecule has 70 valence electrons. The molecule has 0 aliphatic heterocycles. The average molecular weight is 179 g/mol. The van der Waals surface area contributed by atoms with Crippen molar-refractivity contribution >= 4 is 6.21 Å². The van der Waals surface area contributed by atoms with Gasteiger partial charge in [0.2, 0.25) is 0 Å². The fourth-order valence-corrected chi connectivity index (χ4v) is 1.18. The molecular weight excluding hydrogens is 166 g/mol. The zero-order valence-electron chi connectivity index (χ0n) is 7.82. The van der Waals surface area contributed by atoms with E-state index in [-0.39, 0.29) is 0 Å². The minimum Gasteiger partial charge on any atom is -0.487 e. The van der Waals surface area contributed by atoms with E-state index in [0.29, 0.717) is 6.61 Å². The maximum absolute atomic E-state index is 8.17. The molecule has 1 aromatic carbocycles. The van der Waals surface area contributed by atoms with Crippen molar-refractivity contribution in [3.63, 3.8) is 0 Å². The van der Waals surface area contributed by atoms with E-state index in [0.717, 1.165) is 16.9 Å². The van der Waals surface area contributed by atoms with E-state index in [4.69, 9.17) is 9.94 Å². The lowest BCUT2D eigenvalue weighted by Gasteiger charge is -2.09. The van der Waals surface area contributed by atoms with Gasteiger partial charge >= 0.3 is 0 Å². The van der Waals surface area contributed by atoms with Crippen LogP contribution in [0.25, 0.3) is 0 Å². The summed E-state index contributed by atoms with van der Waals surface area (Å²) in [6.07, 6.45) is 1.31. The number of benzene rings is 1. The lowest BCUT2D eigenvalue weighted by Crippen LogP contribution is -2.01. The molecule has 0 saturated heterocycles. The Morgan fingerprint density at radius 3 is 2.54 bits per heavy atom. The standard InChI is InChI=1S/C10H13NO2/c1-8-4-3-5-9(2)10(8)13-7-6-11-12/h3-6,12H,7H2,1-2H3/b11-6+. The van der Waals surface area contributed by atoms with Crippen LogP contribution in [0, 0.1) is 13.8 Å². The number of aryl methyl sites for hydroxylation is 2. The minimum absolute atomic E-state index is 0.294. The molecule has 1 N–H and O–H groups in total. The van der Waals surface area contributed by atoms with E-state index in [1.807, 2.05) is 32.0 Å². The van der Waals surface area contributed by atoms with Crippen LogP contribution in [-0.2, 0) is 0 Å². The van der Waals surface area contributed by atoms with E-state index >= 15 is 0 Å². The first-order valence-electron chi connectivity index (χ1n) is 4.10. The van der Waals surface area contributed by atoms with Crippen molar-refractivity contribution in [3.05, 3.63) is 29.3 Å². The fraction of sp³-hybridized carbons (Fsp3) is 0.300. The Morgan fingerprint density at radius 2 is 2.00 bits per heavy atom. The van der Waals surface area contributed by atoms with Gasteiger partial charge in [-0.2, -0.15) is 0 Å². The largest absolute Gasteiger partial charge is 0.487 e. The van der Waals surface area contributed by atoms with Crippen molar-refractivity contribution in [2.75, 3.05) is 6.61 Å². The molecule has 1 rings (SSSR count). The Hall–Kier alpha value is -1.51. The molecule has 0 aliphatic carbocycles. The van der Waals surface area contributed by atoms with E-state index < -0.39 is 0 Å². The van der Waals surface area contributed by atoms with E-state index in [1.54, 1.807) is 0 Å². The van der Waals surface area contributed by atoms with Crippen LogP contribution in [0.3, 0.4) is 0 Å². The van der Waals surface area contributed by atoms with Crippen molar-refractivity contribution in [2.45, 2.75) is 13.8 Å². The summed E-state index contributed by atoms with van der Waals surface area (Å²) in [4.78, 5) is 0. The number of hydrogen-bond donors (Lipinski definition) is 1. The zero-order chi connectivity index (χ0) is 9.68. The van der Waals surface area contributed by atoms with Gasteiger partial charge in [-0.05, 0) is 25.0 Å². The van der Waals surface area contributed by atoms with Crippen LogP contribution in [0.5, 0.6) is 5.75 Å². The van der Waals surface area contributed by atoms with E-state index in [2.05, 4.69) is 5.16 Å². The lowest BCUT2D eigenvalue weighted by molar-refractivity contribution is 0.311. The van der Waals surface area contributed by atoms with Crippen LogP contribution in [0.1, 0.15) is 11.1 Å². The smallest absolute Gasteiger partial charge is 0.127 e. The Morgan fingerprint density at radius 1 is 1.38 bits per heavy atom. The summed E-state index contributed by atoms with van der Waals surface area (Å²) in [6, 6.07) is 5.95. The highest BCUT2D eigenvalue weighted by Crippen LogP contribution is 2.21. The molecule has 0 saturated carbocycles. The Labute approximate surface area is 77.6 Å². The first-order chi connectivity index (χ1) is 6.25. The topological polar surface area (TPSA) is 41.8 Å². The SMILES string of the molecule is Cc1cccc(C)c1OC/C=N/O. The van der Waals surface area contributed by atoms with Crippen LogP contribution in [0.2, 0.25) is 0 Å². The maximum Gasteiger partial charge on any atom is 0.127 e. The number of para-hydroxylation sites is 1. The molecule has 3 heteroatoms. The third-order valence-corrected chi connectivity index (χ3v) is 1.79. The predicted octanol–water partition coefficient (Wildman–Crippen LogP) is 2.14. The molecule has 3 nitrogen and oxygen atoms in total. The van der Waals surface area contributed by atoms with Gasteiger partial charge in [0.25, 0.3) is 0 Å². The molecular formula is C10H13NO2. The van der Waals surface area contributed by atoms with Gasteiger partial charge in [-0.15, -0.1) is 0 Å². The maximum atomic E-state index is 8.17. The molecule has 13 heavy (non-hydrogen) atoms. The van der Waals surface area contributed by atoms with Crippen molar-refractivity contribution in [3.8, 4) is 5.75 Å². The number of oxime groups is 1. The molecule has 0 bridgehead atoms. The van der Waals surface area contributed by atoms with Crippen molar-refractivity contribution in [2.24, 2.45) is 5.16 Å². The summed E-state index contributed by atoms with van der Waals surface area (Å²) in [5, 5.41) is 11.0. The summed E-state index contributed by atoms with van der Waals surface area (Å²) >= 11 is 0. The van der Waals surface area contributed by atoms with Gasteiger partial charge in [-0.25, -0.2) is 0 Å². The molecule has 0 amide bonds. The zero-order valence-corrected chi connectivity index (χ0v) is 7.82. The number of ether oxygens (including phenoxy) is 1. The Kier molecular flexibility index (Phi) is 3.31. The number of nitrogens with zero attached hydrogens (tertiary/aromatic N) is 1. The van der Waals surface area contributed by atoms with Crippen molar-refractivity contribution in [1.82, 2.24) is 0 Å². The van der Waals surface area contributed by atoms with Gasteiger partial charge in [-0.1, -0.05) is 23.4 Å². The fourth-order valence-electron chi connectivity index (χ4n) is 1.18. The molecule has 0 atom stereocenters. The highest BCUT2D eigenvalue weighted by molar-refractivity contribution is 5.58. The Bertz CT molecular complexity index is 288. The first kappa shape index (κ1) is 9.58. The molecule has 0 spiro atoms. The number of rotatable bonds is 3. The summed E-state index contributed by atoms with van der Waals surface area (Å²) in [5.74, 6) is 0.863. The molecule has 0 heterocycles. The second-order valence-electron chi connectivity index (χ2n) is 2.83. The molecule has 0 aliphatic rings. The van der Waals surface area contributed by atoms with Crippen LogP contribution < -0.4 is 4.74 Å². The van der Waals surface area contributed by atoms with Crippen molar-refractivity contribution in [1.29, 1.82) is 0 Å². The second-order valence-corrected chi connectivity index (χ2v) is 2.83. The average Bonchev–Trinajstić information content (AvgIpc) is 2.10. The van der Waals surface area contributed by atoms with E-state index in [9.17, 15) is 0 Å². The summed E-state index contributed by atoms with van der Waals surface area (Å²) in [6.45, 7) is 4.26. The molecule has 0 unspecified atom stereocenters. The van der Waals surface area contributed by atoms with Gasteiger partial charge < -0.3 is 9.94 Å². The molecule has 0 radical (unpaired) electrons. The highest BCUT2D eigenvalue weighted by Gasteiger charge is 2.00. The van der Waals surface area contributed by atoms with Gasteiger partial charge in [0.15, 0.2) is 0 Å². The minimum atomic E-state index is 0.294. The summed E-state index contributed by atoms with van der Waals surface area (Å²) < 4.78 is 5.40. The summed E-state index contributed by atoms with van der Waals surface area (Å²) in [7, 11) is 0. The van der Waals surface area contributed by atoms with Gasteiger partial charge in [0, 0.05) is 0 Å². The third-order valence-electron chi connectivity index (χ3n) is 1.79. The van der Waals surface area contributed by atoms with Crippen LogP contribution in [0.15, 0.2) is 23.4 Å². The lowest BCUT2D eigenvalue weighted by atomic mass is 10.1. The van der Waals surface area contributed by atoms with Crippen LogP contribution in [0.4, 0.5) is 0 Å².